The van der Waals surface area contributed by atoms with Gasteiger partial charge in [0.1, 0.15) is 11.5 Å². The third-order valence-electron chi connectivity index (χ3n) is 6.90. The smallest absolute Gasteiger partial charge is 0.338 e. The summed E-state index contributed by atoms with van der Waals surface area (Å²) in [4.78, 5) is 43.9. The summed E-state index contributed by atoms with van der Waals surface area (Å²) in [6, 6.07) is 14.4. The third kappa shape index (κ3) is 4.92. The van der Waals surface area contributed by atoms with Gasteiger partial charge in [0, 0.05) is 11.6 Å². The molecule has 0 amide bonds. The van der Waals surface area contributed by atoms with E-state index in [4.69, 9.17) is 23.6 Å². The molecule has 0 radical (unpaired) electrons. The van der Waals surface area contributed by atoms with E-state index in [1.807, 2.05) is 13.0 Å². The highest BCUT2D eigenvalue weighted by Crippen LogP contribution is 2.39. The Hall–Kier alpha value is -4.90. The fraction of sp³-hybridized carbons (Fsp3) is 0.226. The minimum Gasteiger partial charge on any atom is -0.478 e. The minimum absolute atomic E-state index is 0.0922. The lowest BCUT2D eigenvalue weighted by Crippen LogP contribution is -2.40. The maximum atomic E-state index is 14.0. The summed E-state index contributed by atoms with van der Waals surface area (Å²) in [6.45, 7) is 4.00. The molecule has 2 aliphatic rings. The number of fused-ring (bicyclic) bond motifs is 2. The number of aromatic nitrogens is 1. The molecule has 4 aromatic rings. The summed E-state index contributed by atoms with van der Waals surface area (Å²) in [6.07, 6.45) is 2.89. The first-order chi connectivity index (χ1) is 20.4. The number of esters is 1. The normalized spacial score (nSPS) is 15.9. The first-order valence-corrected chi connectivity index (χ1v) is 14.2. The van der Waals surface area contributed by atoms with Crippen LogP contribution in [0.5, 0.6) is 11.5 Å². The van der Waals surface area contributed by atoms with Crippen LogP contribution in [0.25, 0.3) is 17.4 Å². The molecule has 214 valence electrons. The zero-order valence-corrected chi connectivity index (χ0v) is 23.6. The Kier molecular flexibility index (Phi) is 7.26. The van der Waals surface area contributed by atoms with E-state index in [-0.39, 0.29) is 24.5 Å². The van der Waals surface area contributed by atoms with Crippen molar-refractivity contribution in [2.75, 3.05) is 13.4 Å². The van der Waals surface area contributed by atoms with Gasteiger partial charge in [-0.25, -0.2) is 14.6 Å². The predicted molar refractivity (Wildman–Crippen MR) is 153 cm³/mol. The Morgan fingerprint density at radius 3 is 2.74 bits per heavy atom. The molecule has 0 spiro atoms. The summed E-state index contributed by atoms with van der Waals surface area (Å²) >= 11 is 1.20. The molecule has 2 aromatic heterocycles. The van der Waals surface area contributed by atoms with Crippen LogP contribution in [-0.4, -0.2) is 35.0 Å². The Morgan fingerprint density at radius 1 is 1.12 bits per heavy atom. The molecule has 0 bridgehead atoms. The van der Waals surface area contributed by atoms with E-state index in [2.05, 4.69) is 0 Å². The van der Waals surface area contributed by atoms with E-state index < -0.39 is 18.0 Å². The van der Waals surface area contributed by atoms with Crippen molar-refractivity contribution in [2.24, 2.45) is 4.99 Å². The van der Waals surface area contributed by atoms with Crippen molar-refractivity contribution in [3.05, 3.63) is 102 Å². The lowest BCUT2D eigenvalue weighted by atomic mass is 9.94. The van der Waals surface area contributed by atoms with Crippen LogP contribution in [0.1, 0.15) is 54.4 Å². The number of benzene rings is 2. The number of ether oxygens (including phenoxy) is 3. The summed E-state index contributed by atoms with van der Waals surface area (Å²) in [5, 5.41) is 9.32. The number of aromatic carboxylic acids is 1. The number of allylic oxidation sites excluding steroid dienone is 1. The number of hydrogen-bond donors (Lipinski definition) is 1. The molecule has 11 heteroatoms. The van der Waals surface area contributed by atoms with E-state index in [0.717, 1.165) is 6.42 Å². The van der Waals surface area contributed by atoms with Crippen LogP contribution in [0.3, 0.4) is 0 Å². The average molecular weight is 587 g/mol. The topological polar surface area (TPSA) is 130 Å². The molecular formula is C31H26N2O8S. The van der Waals surface area contributed by atoms with Gasteiger partial charge < -0.3 is 23.7 Å². The Labute approximate surface area is 243 Å². The van der Waals surface area contributed by atoms with Gasteiger partial charge in [0.15, 0.2) is 16.3 Å². The molecule has 0 saturated carbocycles. The number of thiazole rings is 1. The van der Waals surface area contributed by atoms with Crippen molar-refractivity contribution >= 4 is 29.4 Å². The first-order valence-electron chi connectivity index (χ1n) is 13.4. The van der Waals surface area contributed by atoms with Crippen molar-refractivity contribution in [3.8, 4) is 22.8 Å². The third-order valence-corrected chi connectivity index (χ3v) is 7.88. The van der Waals surface area contributed by atoms with Gasteiger partial charge >= 0.3 is 11.9 Å². The van der Waals surface area contributed by atoms with Gasteiger partial charge in [-0.1, -0.05) is 42.9 Å². The van der Waals surface area contributed by atoms with Crippen molar-refractivity contribution in [2.45, 2.75) is 32.7 Å². The highest BCUT2D eigenvalue weighted by Gasteiger charge is 2.35. The molecule has 1 atom stereocenters. The standard InChI is InChI=1S/C31H26N2O8S/c1-3-6-21-26(30(37)38-4-2)27(18-9-11-23-24(14-18)40-16-39-23)33-28(34)25(42-31(33)32-21)15-20-10-12-22(41-20)17-7-5-8-19(13-17)29(35)36/h5,7-15,27H,3-4,6,16H2,1-2H3,(H,35,36)/b25-15-. The molecule has 6 rings (SSSR count). The van der Waals surface area contributed by atoms with Crippen molar-refractivity contribution in [1.29, 1.82) is 0 Å². The molecular weight excluding hydrogens is 560 g/mol. The van der Waals surface area contributed by atoms with Crippen molar-refractivity contribution < 1.29 is 33.3 Å². The fourth-order valence-electron chi connectivity index (χ4n) is 5.04. The van der Waals surface area contributed by atoms with Crippen molar-refractivity contribution in [1.82, 2.24) is 4.57 Å². The predicted octanol–water partition coefficient (Wildman–Crippen LogP) is 4.27. The molecule has 42 heavy (non-hydrogen) atoms. The zero-order valence-electron chi connectivity index (χ0n) is 22.8. The molecule has 2 aromatic carbocycles. The second kappa shape index (κ2) is 11.2. The molecule has 2 aliphatic heterocycles. The highest BCUT2D eigenvalue weighted by atomic mass is 32.1. The van der Waals surface area contributed by atoms with E-state index in [0.29, 0.717) is 61.2 Å². The fourth-order valence-corrected chi connectivity index (χ4v) is 6.04. The van der Waals surface area contributed by atoms with Crippen LogP contribution in [-0.2, 0) is 9.53 Å². The van der Waals surface area contributed by atoms with Gasteiger partial charge in [-0.3, -0.25) is 9.36 Å². The highest BCUT2D eigenvalue weighted by molar-refractivity contribution is 7.07. The molecule has 10 nitrogen and oxygen atoms in total. The number of hydrogen-bond acceptors (Lipinski definition) is 9. The Balaban J connectivity index is 1.49. The van der Waals surface area contributed by atoms with Crippen LogP contribution >= 0.6 is 11.3 Å². The lowest BCUT2D eigenvalue weighted by Gasteiger charge is -2.25. The second-order valence-electron chi connectivity index (χ2n) is 9.61. The van der Waals surface area contributed by atoms with Gasteiger partial charge in [0.25, 0.3) is 5.56 Å². The maximum Gasteiger partial charge on any atom is 0.338 e. The van der Waals surface area contributed by atoms with Gasteiger partial charge in [-0.15, -0.1) is 0 Å². The largest absolute Gasteiger partial charge is 0.478 e. The maximum absolute atomic E-state index is 14.0. The number of carbonyl (C=O) groups excluding carboxylic acids is 1. The monoisotopic (exact) mass is 586 g/mol. The average Bonchev–Trinajstić information content (AvgIpc) is 3.72. The van der Waals surface area contributed by atoms with Crippen LogP contribution < -0.4 is 24.4 Å². The van der Waals surface area contributed by atoms with Crippen molar-refractivity contribution in [3.63, 3.8) is 0 Å². The molecule has 0 saturated heterocycles. The molecule has 0 fully saturated rings. The van der Waals surface area contributed by atoms with E-state index in [1.165, 1.54) is 28.0 Å². The number of carboxylic acids is 1. The van der Waals surface area contributed by atoms with E-state index in [1.54, 1.807) is 49.4 Å². The van der Waals surface area contributed by atoms with Gasteiger partial charge in [0.05, 0.1) is 34.0 Å². The van der Waals surface area contributed by atoms with Gasteiger partial charge in [0.2, 0.25) is 6.79 Å². The number of nitrogens with zero attached hydrogens (tertiary/aromatic N) is 2. The summed E-state index contributed by atoms with van der Waals surface area (Å²) in [5.41, 5.74) is 1.95. The number of carbonyl (C=O) groups is 2. The number of carboxylic acid groups (broad SMARTS) is 1. The Bertz CT molecular complexity index is 1930. The quantitative estimate of drug-likeness (QED) is 0.303. The molecule has 4 heterocycles. The first kappa shape index (κ1) is 27.3. The summed E-state index contributed by atoms with van der Waals surface area (Å²) in [5.74, 6) is 0.428. The number of furan rings is 1. The number of rotatable bonds is 8. The van der Waals surface area contributed by atoms with E-state index >= 15 is 0 Å². The van der Waals surface area contributed by atoms with Gasteiger partial charge in [-0.2, -0.15) is 0 Å². The molecule has 1 N–H and O–H groups in total. The summed E-state index contributed by atoms with van der Waals surface area (Å²) < 4.78 is 24.4. The summed E-state index contributed by atoms with van der Waals surface area (Å²) in [7, 11) is 0. The zero-order chi connectivity index (χ0) is 29.4. The van der Waals surface area contributed by atoms with Crippen LogP contribution in [0.15, 0.2) is 80.1 Å². The molecule has 1 unspecified atom stereocenters. The van der Waals surface area contributed by atoms with E-state index in [9.17, 15) is 19.5 Å². The van der Waals surface area contributed by atoms with Crippen LogP contribution in [0, 0.1) is 0 Å². The Morgan fingerprint density at radius 2 is 1.95 bits per heavy atom. The minimum atomic E-state index is -1.04. The van der Waals surface area contributed by atoms with Crippen LogP contribution in [0.4, 0.5) is 0 Å². The lowest BCUT2D eigenvalue weighted by molar-refractivity contribution is -0.139. The van der Waals surface area contributed by atoms with Crippen LogP contribution in [0.2, 0.25) is 0 Å². The molecule has 0 aliphatic carbocycles. The second-order valence-corrected chi connectivity index (χ2v) is 10.6. The van der Waals surface area contributed by atoms with Gasteiger partial charge in [-0.05, 0) is 55.3 Å². The SMILES string of the molecule is CCCC1=C(C(=O)OCC)C(c2ccc3c(c2)OCO3)n2c(s/c(=C\c3ccc(-c4cccc(C(=O)O)c4)o3)c2=O)=N1.